The van der Waals surface area contributed by atoms with Crippen molar-refractivity contribution in [2.45, 2.75) is 19.9 Å². The van der Waals surface area contributed by atoms with Crippen molar-refractivity contribution in [1.82, 2.24) is 14.9 Å². The molecule has 1 aromatic carbocycles. The smallest absolute Gasteiger partial charge is 0.0951 e. The second kappa shape index (κ2) is 5.49. The SMILES string of the molecule is CC(C)NC=Nc1ccc(-c2cn(C)cn2)cc1. The molecule has 0 aliphatic carbocycles. The van der Waals surface area contributed by atoms with Gasteiger partial charge in [0, 0.05) is 24.8 Å². The zero-order chi connectivity index (χ0) is 13.0. The fraction of sp³-hybridized carbons (Fsp3) is 0.286. The lowest BCUT2D eigenvalue weighted by molar-refractivity contribution is 0.744. The Balaban J connectivity index is 2.08. The molecule has 0 unspecified atom stereocenters. The summed E-state index contributed by atoms with van der Waals surface area (Å²) in [6.07, 6.45) is 5.53. The Morgan fingerprint density at radius 3 is 2.56 bits per heavy atom. The molecule has 0 aliphatic heterocycles. The molecule has 4 nitrogen and oxygen atoms in total. The van der Waals surface area contributed by atoms with E-state index in [1.165, 1.54) is 0 Å². The molecule has 0 saturated heterocycles. The zero-order valence-corrected chi connectivity index (χ0v) is 11.0. The van der Waals surface area contributed by atoms with Crippen LogP contribution in [0.5, 0.6) is 0 Å². The summed E-state index contributed by atoms with van der Waals surface area (Å²) in [5.74, 6) is 0. The summed E-state index contributed by atoms with van der Waals surface area (Å²) in [5, 5.41) is 3.14. The predicted octanol–water partition coefficient (Wildman–Crippen LogP) is 2.74. The molecule has 0 bridgehead atoms. The lowest BCUT2D eigenvalue weighted by atomic mass is 10.1. The van der Waals surface area contributed by atoms with Crippen LogP contribution in [0.4, 0.5) is 5.69 Å². The Morgan fingerprint density at radius 1 is 1.28 bits per heavy atom. The van der Waals surface area contributed by atoms with Crippen LogP contribution in [-0.2, 0) is 7.05 Å². The highest BCUT2D eigenvalue weighted by molar-refractivity contribution is 5.65. The number of aryl methyl sites for hydroxylation is 1. The Morgan fingerprint density at radius 2 is 2.00 bits per heavy atom. The van der Waals surface area contributed by atoms with E-state index in [2.05, 4.69) is 29.1 Å². The fourth-order valence-corrected chi connectivity index (χ4v) is 1.54. The number of nitrogens with zero attached hydrogens (tertiary/aromatic N) is 3. The number of hydrogen-bond acceptors (Lipinski definition) is 2. The molecule has 1 N–H and O–H groups in total. The van der Waals surface area contributed by atoms with Crippen LogP contribution in [0.15, 0.2) is 41.8 Å². The van der Waals surface area contributed by atoms with Crippen molar-refractivity contribution in [1.29, 1.82) is 0 Å². The molecule has 0 amide bonds. The Kier molecular flexibility index (Phi) is 3.77. The predicted molar refractivity (Wildman–Crippen MR) is 75.1 cm³/mol. The van der Waals surface area contributed by atoms with Crippen LogP contribution in [0.3, 0.4) is 0 Å². The third-order valence-electron chi connectivity index (χ3n) is 2.49. The van der Waals surface area contributed by atoms with Crippen molar-refractivity contribution in [2.24, 2.45) is 12.0 Å². The van der Waals surface area contributed by atoms with Gasteiger partial charge in [0.05, 0.1) is 24.0 Å². The van der Waals surface area contributed by atoms with E-state index in [1.807, 2.05) is 42.1 Å². The Bertz CT molecular complexity index is 523. The minimum Gasteiger partial charge on any atom is -0.374 e. The van der Waals surface area contributed by atoms with Crippen molar-refractivity contribution in [3.05, 3.63) is 36.8 Å². The number of aromatic nitrogens is 2. The number of aliphatic imine (C=N–C) groups is 1. The van der Waals surface area contributed by atoms with Gasteiger partial charge in [-0.2, -0.15) is 0 Å². The third kappa shape index (κ3) is 3.20. The van der Waals surface area contributed by atoms with Crippen LogP contribution < -0.4 is 5.32 Å². The van der Waals surface area contributed by atoms with Gasteiger partial charge in [0.2, 0.25) is 0 Å². The molecular formula is C14H18N4. The molecule has 1 heterocycles. The van der Waals surface area contributed by atoms with Crippen LogP contribution in [0.25, 0.3) is 11.3 Å². The summed E-state index contributed by atoms with van der Waals surface area (Å²) in [6, 6.07) is 8.45. The van der Waals surface area contributed by atoms with Gasteiger partial charge in [-0.1, -0.05) is 12.1 Å². The van der Waals surface area contributed by atoms with Gasteiger partial charge in [-0.05, 0) is 26.0 Å². The number of nitrogens with one attached hydrogen (secondary N) is 1. The first-order chi connectivity index (χ1) is 8.65. The minimum absolute atomic E-state index is 0.404. The molecule has 0 saturated carbocycles. The topological polar surface area (TPSA) is 42.2 Å². The van der Waals surface area contributed by atoms with Crippen molar-refractivity contribution in [3.63, 3.8) is 0 Å². The van der Waals surface area contributed by atoms with Gasteiger partial charge in [0.1, 0.15) is 0 Å². The average Bonchev–Trinajstić information content (AvgIpc) is 2.76. The van der Waals surface area contributed by atoms with Crippen molar-refractivity contribution < 1.29 is 0 Å². The van der Waals surface area contributed by atoms with Crippen LogP contribution in [0.2, 0.25) is 0 Å². The van der Waals surface area contributed by atoms with E-state index < -0.39 is 0 Å². The number of benzene rings is 1. The quantitative estimate of drug-likeness (QED) is 0.661. The van der Waals surface area contributed by atoms with E-state index in [0.717, 1.165) is 16.9 Å². The first-order valence-corrected chi connectivity index (χ1v) is 6.02. The largest absolute Gasteiger partial charge is 0.374 e. The zero-order valence-electron chi connectivity index (χ0n) is 11.0. The average molecular weight is 242 g/mol. The van der Waals surface area contributed by atoms with E-state index in [4.69, 9.17) is 0 Å². The molecule has 2 aromatic rings. The van der Waals surface area contributed by atoms with Crippen molar-refractivity contribution in [2.75, 3.05) is 0 Å². The van der Waals surface area contributed by atoms with Crippen molar-refractivity contribution >= 4 is 12.0 Å². The molecule has 0 fully saturated rings. The van der Waals surface area contributed by atoms with E-state index >= 15 is 0 Å². The summed E-state index contributed by atoms with van der Waals surface area (Å²) < 4.78 is 1.94. The van der Waals surface area contributed by atoms with Gasteiger partial charge >= 0.3 is 0 Å². The van der Waals surface area contributed by atoms with E-state index in [1.54, 1.807) is 12.7 Å². The summed E-state index contributed by atoms with van der Waals surface area (Å²) in [6.45, 7) is 4.16. The second-order valence-corrected chi connectivity index (χ2v) is 4.55. The maximum Gasteiger partial charge on any atom is 0.0951 e. The molecule has 2 rings (SSSR count). The van der Waals surface area contributed by atoms with Crippen LogP contribution in [0.1, 0.15) is 13.8 Å². The second-order valence-electron chi connectivity index (χ2n) is 4.55. The number of hydrogen-bond donors (Lipinski definition) is 1. The first-order valence-electron chi connectivity index (χ1n) is 6.02. The maximum atomic E-state index is 4.32. The molecule has 4 heteroatoms. The van der Waals surface area contributed by atoms with E-state index in [0.29, 0.717) is 6.04 Å². The first kappa shape index (κ1) is 12.4. The van der Waals surface area contributed by atoms with Gasteiger partial charge in [0.25, 0.3) is 0 Å². The lowest BCUT2D eigenvalue weighted by Gasteiger charge is -2.02. The van der Waals surface area contributed by atoms with Gasteiger partial charge in [-0.15, -0.1) is 0 Å². The Labute approximate surface area is 107 Å². The fourth-order valence-electron chi connectivity index (χ4n) is 1.54. The normalized spacial score (nSPS) is 11.3. The monoisotopic (exact) mass is 242 g/mol. The van der Waals surface area contributed by atoms with Crippen LogP contribution in [-0.4, -0.2) is 21.9 Å². The highest BCUT2D eigenvalue weighted by Gasteiger charge is 2.00. The summed E-state index contributed by atoms with van der Waals surface area (Å²) in [7, 11) is 1.97. The molecule has 0 radical (unpaired) electrons. The van der Waals surface area contributed by atoms with Gasteiger partial charge in [0.15, 0.2) is 0 Å². The van der Waals surface area contributed by atoms with Crippen molar-refractivity contribution in [3.8, 4) is 11.3 Å². The summed E-state index contributed by atoms with van der Waals surface area (Å²) in [4.78, 5) is 8.64. The van der Waals surface area contributed by atoms with Crippen LogP contribution in [0, 0.1) is 0 Å². The number of rotatable bonds is 4. The molecule has 1 aromatic heterocycles. The van der Waals surface area contributed by atoms with Gasteiger partial charge in [-0.3, -0.25) is 0 Å². The third-order valence-corrected chi connectivity index (χ3v) is 2.49. The molecule has 0 atom stereocenters. The standard InChI is InChI=1S/C14H18N4/c1-11(2)15-9-16-13-6-4-12(5-7-13)14-8-18(3)10-17-14/h4-11H,1-3H3,(H,15,16). The van der Waals surface area contributed by atoms with E-state index in [9.17, 15) is 0 Å². The van der Waals surface area contributed by atoms with Crippen LogP contribution >= 0.6 is 0 Å². The number of imidazole rings is 1. The summed E-state index contributed by atoms with van der Waals surface area (Å²) in [5.41, 5.74) is 3.02. The Hall–Kier alpha value is -2.10. The highest BCUT2D eigenvalue weighted by Crippen LogP contribution is 2.20. The molecule has 18 heavy (non-hydrogen) atoms. The molecule has 94 valence electrons. The molecular weight excluding hydrogens is 224 g/mol. The van der Waals surface area contributed by atoms with E-state index in [-0.39, 0.29) is 0 Å². The lowest BCUT2D eigenvalue weighted by Crippen LogP contribution is -2.19. The minimum atomic E-state index is 0.404. The summed E-state index contributed by atoms with van der Waals surface area (Å²) >= 11 is 0. The molecule has 0 spiro atoms. The van der Waals surface area contributed by atoms with Gasteiger partial charge in [-0.25, -0.2) is 9.98 Å². The molecule has 0 aliphatic rings. The van der Waals surface area contributed by atoms with Gasteiger partial charge < -0.3 is 9.88 Å². The maximum absolute atomic E-state index is 4.32. The highest BCUT2D eigenvalue weighted by atomic mass is 15.0.